The van der Waals surface area contributed by atoms with Crippen LogP contribution in [0.1, 0.15) is 33.1 Å². The molecule has 0 amide bonds. The van der Waals surface area contributed by atoms with Crippen LogP contribution in [0.4, 0.5) is 0 Å². The summed E-state index contributed by atoms with van der Waals surface area (Å²) >= 11 is 0. The Bertz CT molecular complexity index is 128. The first-order valence-electron chi connectivity index (χ1n) is 4.00. The second-order valence-electron chi connectivity index (χ2n) is 3.23. The van der Waals surface area contributed by atoms with Gasteiger partial charge in [-0.3, -0.25) is 0 Å². The molecule has 1 unspecified atom stereocenters. The second kappa shape index (κ2) is 4.52. The molecule has 11 heavy (non-hydrogen) atoms. The summed E-state index contributed by atoms with van der Waals surface area (Å²) in [7, 11) is 0. The van der Waals surface area contributed by atoms with Crippen molar-refractivity contribution in [1.29, 1.82) is 0 Å². The Morgan fingerprint density at radius 3 is 2.36 bits per heavy atom. The zero-order valence-electron chi connectivity index (χ0n) is 7.43. The van der Waals surface area contributed by atoms with E-state index < -0.39 is 5.60 Å². The highest BCUT2D eigenvalue weighted by Gasteiger charge is 2.19. The summed E-state index contributed by atoms with van der Waals surface area (Å²) in [6.07, 6.45) is 2.28. The molecule has 0 saturated carbocycles. The van der Waals surface area contributed by atoms with Crippen LogP contribution in [-0.2, 0) is 0 Å². The van der Waals surface area contributed by atoms with E-state index in [0.717, 1.165) is 18.4 Å². The molecule has 0 rings (SSSR count). The summed E-state index contributed by atoms with van der Waals surface area (Å²) in [6.45, 7) is 7.47. The third kappa shape index (κ3) is 4.17. The van der Waals surface area contributed by atoms with Crippen molar-refractivity contribution in [2.45, 2.75) is 38.7 Å². The van der Waals surface area contributed by atoms with E-state index in [-0.39, 0.29) is 6.61 Å². The molecule has 0 bridgehead atoms. The van der Waals surface area contributed by atoms with Gasteiger partial charge in [0.1, 0.15) is 0 Å². The number of aliphatic hydroxyl groups is 2. The molecule has 0 aromatic rings. The Hall–Kier alpha value is -0.340. The van der Waals surface area contributed by atoms with Crippen LogP contribution in [0.25, 0.3) is 0 Å². The quantitative estimate of drug-likeness (QED) is 0.470. The van der Waals surface area contributed by atoms with E-state index in [0.29, 0.717) is 6.42 Å². The molecular weight excluding hydrogens is 140 g/mol. The van der Waals surface area contributed by atoms with Gasteiger partial charge < -0.3 is 10.2 Å². The standard InChI is InChI=1S/C9H18O2/c1-8(2)9(3,11)6-4-5-7-10/h10-11H,1,4-7H2,2-3H3. The van der Waals surface area contributed by atoms with Crippen LogP contribution in [0.2, 0.25) is 0 Å². The van der Waals surface area contributed by atoms with Gasteiger partial charge in [0.15, 0.2) is 0 Å². The van der Waals surface area contributed by atoms with Crippen LogP contribution in [0.15, 0.2) is 12.2 Å². The maximum atomic E-state index is 9.64. The minimum absolute atomic E-state index is 0.201. The second-order valence-corrected chi connectivity index (χ2v) is 3.23. The van der Waals surface area contributed by atoms with Crippen molar-refractivity contribution >= 4 is 0 Å². The Labute approximate surface area is 68.6 Å². The molecule has 2 heteroatoms. The monoisotopic (exact) mass is 158 g/mol. The van der Waals surface area contributed by atoms with Gasteiger partial charge in [0, 0.05) is 6.61 Å². The smallest absolute Gasteiger partial charge is 0.0823 e. The summed E-state index contributed by atoms with van der Waals surface area (Å²) in [5, 5.41) is 18.1. The van der Waals surface area contributed by atoms with Gasteiger partial charge in [-0.05, 0) is 38.7 Å². The van der Waals surface area contributed by atoms with Gasteiger partial charge >= 0.3 is 0 Å². The lowest BCUT2D eigenvalue weighted by atomic mass is 9.92. The molecule has 0 heterocycles. The lowest BCUT2D eigenvalue weighted by Gasteiger charge is -2.23. The van der Waals surface area contributed by atoms with Gasteiger partial charge in [0.25, 0.3) is 0 Å². The van der Waals surface area contributed by atoms with E-state index in [1.807, 2.05) is 6.92 Å². The highest BCUT2D eigenvalue weighted by Crippen LogP contribution is 2.20. The minimum Gasteiger partial charge on any atom is -0.396 e. The third-order valence-electron chi connectivity index (χ3n) is 1.99. The fourth-order valence-electron chi connectivity index (χ4n) is 0.794. The summed E-state index contributed by atoms with van der Waals surface area (Å²) in [5.74, 6) is 0. The van der Waals surface area contributed by atoms with Gasteiger partial charge in [-0.25, -0.2) is 0 Å². The molecule has 66 valence electrons. The van der Waals surface area contributed by atoms with Crippen molar-refractivity contribution in [3.63, 3.8) is 0 Å². The summed E-state index contributed by atoms with van der Waals surface area (Å²) in [5.41, 5.74) is 0.0327. The number of unbranched alkanes of at least 4 members (excludes halogenated alkanes) is 1. The molecule has 0 saturated heterocycles. The molecule has 0 spiro atoms. The molecule has 2 nitrogen and oxygen atoms in total. The predicted molar refractivity (Wildman–Crippen MR) is 46.4 cm³/mol. The lowest BCUT2D eigenvalue weighted by Crippen LogP contribution is -2.24. The molecular formula is C9H18O2. The fourth-order valence-corrected chi connectivity index (χ4v) is 0.794. The van der Waals surface area contributed by atoms with Crippen LogP contribution >= 0.6 is 0 Å². The number of rotatable bonds is 5. The number of hydrogen-bond donors (Lipinski definition) is 2. The zero-order valence-corrected chi connectivity index (χ0v) is 7.43. The number of hydrogen-bond acceptors (Lipinski definition) is 2. The van der Waals surface area contributed by atoms with Crippen molar-refractivity contribution in [1.82, 2.24) is 0 Å². The first kappa shape index (κ1) is 10.7. The highest BCUT2D eigenvalue weighted by molar-refractivity contribution is 5.06. The van der Waals surface area contributed by atoms with Crippen LogP contribution < -0.4 is 0 Å². The first-order valence-corrected chi connectivity index (χ1v) is 4.00. The van der Waals surface area contributed by atoms with E-state index in [2.05, 4.69) is 6.58 Å². The van der Waals surface area contributed by atoms with E-state index >= 15 is 0 Å². The topological polar surface area (TPSA) is 40.5 Å². The van der Waals surface area contributed by atoms with Crippen molar-refractivity contribution in [3.8, 4) is 0 Å². The van der Waals surface area contributed by atoms with Crippen LogP contribution in [-0.4, -0.2) is 22.4 Å². The maximum absolute atomic E-state index is 9.64. The van der Waals surface area contributed by atoms with Crippen molar-refractivity contribution in [3.05, 3.63) is 12.2 Å². The van der Waals surface area contributed by atoms with Crippen LogP contribution in [0.5, 0.6) is 0 Å². The van der Waals surface area contributed by atoms with Crippen molar-refractivity contribution in [2.24, 2.45) is 0 Å². The maximum Gasteiger partial charge on any atom is 0.0823 e. The lowest BCUT2D eigenvalue weighted by molar-refractivity contribution is 0.0847. The average Bonchev–Trinajstić information content (AvgIpc) is 1.88. The highest BCUT2D eigenvalue weighted by atomic mass is 16.3. The molecule has 0 aliphatic heterocycles. The average molecular weight is 158 g/mol. The molecule has 0 aliphatic rings. The van der Waals surface area contributed by atoms with E-state index in [4.69, 9.17) is 5.11 Å². The number of aliphatic hydroxyl groups excluding tert-OH is 1. The molecule has 0 aromatic heterocycles. The predicted octanol–water partition coefficient (Wildman–Crippen LogP) is 1.48. The van der Waals surface area contributed by atoms with E-state index in [9.17, 15) is 5.11 Å². The molecule has 0 aromatic carbocycles. The van der Waals surface area contributed by atoms with Gasteiger partial charge in [0.2, 0.25) is 0 Å². The largest absolute Gasteiger partial charge is 0.396 e. The summed E-state index contributed by atoms with van der Waals surface area (Å²) in [4.78, 5) is 0. The minimum atomic E-state index is -0.755. The Balaban J connectivity index is 3.64. The molecule has 0 fully saturated rings. The molecule has 2 N–H and O–H groups in total. The van der Waals surface area contributed by atoms with Crippen molar-refractivity contribution in [2.75, 3.05) is 6.61 Å². The van der Waals surface area contributed by atoms with Gasteiger partial charge in [-0.2, -0.15) is 0 Å². The first-order chi connectivity index (χ1) is 5.00. The Morgan fingerprint density at radius 2 is 2.00 bits per heavy atom. The molecule has 0 aliphatic carbocycles. The van der Waals surface area contributed by atoms with E-state index in [1.165, 1.54) is 0 Å². The van der Waals surface area contributed by atoms with Gasteiger partial charge in [0.05, 0.1) is 5.60 Å². The summed E-state index contributed by atoms with van der Waals surface area (Å²) < 4.78 is 0. The van der Waals surface area contributed by atoms with Gasteiger partial charge in [-0.1, -0.05) is 6.58 Å². The van der Waals surface area contributed by atoms with Crippen LogP contribution in [0.3, 0.4) is 0 Å². The fraction of sp³-hybridized carbons (Fsp3) is 0.778. The molecule has 1 atom stereocenters. The van der Waals surface area contributed by atoms with Gasteiger partial charge in [-0.15, -0.1) is 0 Å². The van der Waals surface area contributed by atoms with E-state index in [1.54, 1.807) is 6.92 Å². The normalized spacial score (nSPS) is 16.0. The molecule has 0 radical (unpaired) electrons. The third-order valence-corrected chi connectivity index (χ3v) is 1.99. The van der Waals surface area contributed by atoms with Crippen molar-refractivity contribution < 1.29 is 10.2 Å². The zero-order chi connectivity index (χ0) is 8.91. The SMILES string of the molecule is C=C(C)C(C)(O)CCCCO. The van der Waals surface area contributed by atoms with Crippen LogP contribution in [0, 0.1) is 0 Å². The Morgan fingerprint density at radius 1 is 1.45 bits per heavy atom. The summed E-state index contributed by atoms with van der Waals surface area (Å²) in [6, 6.07) is 0. The Kier molecular flexibility index (Phi) is 4.38.